The standard InChI is InChI=1S/C20H27BrN2O3/c1-2-13-26-17-5-3-11-22(14-17)20(25)18-6-4-12-23(18)19(24)15-7-9-16(21)10-8-15/h7-10,17-18H,2-6,11-14H2,1H3. The van der Waals surface area contributed by atoms with E-state index in [1.807, 2.05) is 29.2 Å². The highest BCUT2D eigenvalue weighted by atomic mass is 79.9. The Morgan fingerprint density at radius 1 is 1.15 bits per heavy atom. The average Bonchev–Trinajstić information content (AvgIpc) is 3.16. The zero-order chi connectivity index (χ0) is 18.5. The van der Waals surface area contributed by atoms with Gasteiger partial charge in [0.15, 0.2) is 0 Å². The fraction of sp³-hybridized carbons (Fsp3) is 0.600. The Balaban J connectivity index is 1.66. The average molecular weight is 423 g/mol. The molecule has 2 aliphatic heterocycles. The van der Waals surface area contributed by atoms with Gasteiger partial charge in [0.05, 0.1) is 6.10 Å². The quantitative estimate of drug-likeness (QED) is 0.729. The van der Waals surface area contributed by atoms with Crippen molar-refractivity contribution in [3.63, 3.8) is 0 Å². The molecule has 2 fully saturated rings. The number of likely N-dealkylation sites (tertiary alicyclic amines) is 2. The van der Waals surface area contributed by atoms with Crippen molar-refractivity contribution in [1.29, 1.82) is 0 Å². The van der Waals surface area contributed by atoms with E-state index in [1.54, 1.807) is 4.90 Å². The Bertz CT molecular complexity index is 634. The molecule has 0 bridgehead atoms. The summed E-state index contributed by atoms with van der Waals surface area (Å²) in [6, 6.07) is 7.00. The van der Waals surface area contributed by atoms with Crippen molar-refractivity contribution in [2.75, 3.05) is 26.2 Å². The number of hydrogen-bond acceptors (Lipinski definition) is 3. The van der Waals surface area contributed by atoms with Crippen molar-refractivity contribution >= 4 is 27.7 Å². The molecule has 142 valence electrons. The zero-order valence-electron chi connectivity index (χ0n) is 15.3. The van der Waals surface area contributed by atoms with E-state index in [-0.39, 0.29) is 24.0 Å². The number of nitrogens with zero attached hydrogens (tertiary/aromatic N) is 2. The Morgan fingerprint density at radius 2 is 1.88 bits per heavy atom. The van der Waals surface area contributed by atoms with Gasteiger partial charge in [0.2, 0.25) is 5.91 Å². The van der Waals surface area contributed by atoms with E-state index >= 15 is 0 Å². The summed E-state index contributed by atoms with van der Waals surface area (Å²) < 4.78 is 6.79. The normalized spacial score (nSPS) is 23.3. The summed E-state index contributed by atoms with van der Waals surface area (Å²) in [7, 11) is 0. The highest BCUT2D eigenvalue weighted by Gasteiger charge is 2.38. The smallest absolute Gasteiger partial charge is 0.254 e. The number of benzene rings is 1. The maximum atomic E-state index is 13.1. The molecule has 1 aromatic rings. The summed E-state index contributed by atoms with van der Waals surface area (Å²) in [6.45, 7) is 4.90. The van der Waals surface area contributed by atoms with Crippen LogP contribution >= 0.6 is 15.9 Å². The number of amides is 2. The molecular weight excluding hydrogens is 396 g/mol. The summed E-state index contributed by atoms with van der Waals surface area (Å²) >= 11 is 3.39. The molecule has 0 radical (unpaired) electrons. The van der Waals surface area contributed by atoms with Crippen LogP contribution in [0.5, 0.6) is 0 Å². The van der Waals surface area contributed by atoms with E-state index < -0.39 is 0 Å². The van der Waals surface area contributed by atoms with Gasteiger partial charge in [-0.2, -0.15) is 0 Å². The minimum Gasteiger partial charge on any atom is -0.376 e. The predicted octanol–water partition coefficient (Wildman–Crippen LogP) is 3.47. The Morgan fingerprint density at radius 3 is 2.62 bits per heavy atom. The zero-order valence-corrected chi connectivity index (χ0v) is 16.9. The van der Waals surface area contributed by atoms with Crippen LogP contribution < -0.4 is 0 Å². The molecule has 0 saturated carbocycles. The third kappa shape index (κ3) is 4.46. The largest absolute Gasteiger partial charge is 0.376 e. The highest BCUT2D eigenvalue weighted by Crippen LogP contribution is 2.24. The Hall–Kier alpha value is -1.40. The van der Waals surface area contributed by atoms with Crippen LogP contribution in [0.4, 0.5) is 0 Å². The van der Waals surface area contributed by atoms with E-state index in [0.717, 1.165) is 49.7 Å². The van der Waals surface area contributed by atoms with Gasteiger partial charge < -0.3 is 14.5 Å². The Kier molecular flexibility index (Phi) is 6.70. The summed E-state index contributed by atoms with van der Waals surface area (Å²) in [6.07, 6.45) is 4.72. The van der Waals surface area contributed by atoms with Crippen molar-refractivity contribution in [2.24, 2.45) is 0 Å². The first-order valence-corrected chi connectivity index (χ1v) is 10.4. The van der Waals surface area contributed by atoms with E-state index in [4.69, 9.17) is 4.74 Å². The van der Waals surface area contributed by atoms with Crippen LogP contribution in [0.25, 0.3) is 0 Å². The monoisotopic (exact) mass is 422 g/mol. The SMILES string of the molecule is CCCOC1CCCN(C(=O)C2CCCN2C(=O)c2ccc(Br)cc2)C1. The summed E-state index contributed by atoms with van der Waals surface area (Å²) in [5.41, 5.74) is 0.635. The lowest BCUT2D eigenvalue weighted by Crippen LogP contribution is -2.51. The molecule has 0 spiro atoms. The molecule has 2 aliphatic rings. The van der Waals surface area contributed by atoms with E-state index in [0.29, 0.717) is 18.7 Å². The van der Waals surface area contributed by atoms with Gasteiger partial charge in [-0.05, 0) is 56.4 Å². The fourth-order valence-corrected chi connectivity index (χ4v) is 4.06. The third-order valence-electron chi connectivity index (χ3n) is 5.14. The van der Waals surface area contributed by atoms with Gasteiger partial charge in [-0.15, -0.1) is 0 Å². The van der Waals surface area contributed by atoms with Crippen LogP contribution in [0.3, 0.4) is 0 Å². The first-order valence-electron chi connectivity index (χ1n) is 9.57. The molecule has 0 aromatic heterocycles. The van der Waals surface area contributed by atoms with Crippen LogP contribution in [0.1, 0.15) is 49.4 Å². The number of piperidine rings is 1. The molecule has 26 heavy (non-hydrogen) atoms. The van der Waals surface area contributed by atoms with Crippen molar-refractivity contribution in [2.45, 2.75) is 51.2 Å². The molecule has 2 amide bonds. The number of rotatable bonds is 5. The van der Waals surface area contributed by atoms with Crippen molar-refractivity contribution in [3.8, 4) is 0 Å². The molecule has 2 heterocycles. The van der Waals surface area contributed by atoms with Gasteiger partial charge in [0.1, 0.15) is 6.04 Å². The maximum Gasteiger partial charge on any atom is 0.254 e. The van der Waals surface area contributed by atoms with Gasteiger partial charge in [0.25, 0.3) is 5.91 Å². The molecule has 6 heteroatoms. The van der Waals surface area contributed by atoms with Gasteiger partial charge in [-0.1, -0.05) is 22.9 Å². The summed E-state index contributed by atoms with van der Waals surface area (Å²) in [5, 5.41) is 0. The van der Waals surface area contributed by atoms with Crippen LogP contribution in [0.15, 0.2) is 28.7 Å². The fourth-order valence-electron chi connectivity index (χ4n) is 3.79. The third-order valence-corrected chi connectivity index (χ3v) is 5.67. The number of hydrogen-bond donors (Lipinski definition) is 0. The van der Waals surface area contributed by atoms with Crippen LogP contribution in [-0.2, 0) is 9.53 Å². The highest BCUT2D eigenvalue weighted by molar-refractivity contribution is 9.10. The molecular formula is C20H27BrN2O3. The van der Waals surface area contributed by atoms with Crippen LogP contribution in [-0.4, -0.2) is 60.0 Å². The molecule has 2 atom stereocenters. The molecule has 1 aromatic carbocycles. The van der Waals surface area contributed by atoms with E-state index in [9.17, 15) is 9.59 Å². The van der Waals surface area contributed by atoms with Gasteiger partial charge in [0, 0.05) is 36.3 Å². The molecule has 5 nitrogen and oxygen atoms in total. The second-order valence-corrected chi connectivity index (χ2v) is 8.00. The van der Waals surface area contributed by atoms with Crippen molar-refractivity contribution in [1.82, 2.24) is 9.80 Å². The summed E-state index contributed by atoms with van der Waals surface area (Å²) in [5.74, 6) is 0.0295. The molecule has 0 N–H and O–H groups in total. The van der Waals surface area contributed by atoms with Crippen LogP contribution in [0.2, 0.25) is 0 Å². The topological polar surface area (TPSA) is 49.9 Å². The van der Waals surface area contributed by atoms with E-state index in [1.165, 1.54) is 0 Å². The molecule has 3 rings (SSSR count). The first kappa shape index (κ1) is 19.4. The van der Waals surface area contributed by atoms with E-state index in [2.05, 4.69) is 22.9 Å². The maximum absolute atomic E-state index is 13.1. The van der Waals surface area contributed by atoms with Crippen LogP contribution in [0, 0.1) is 0 Å². The number of carbonyl (C=O) groups excluding carboxylic acids is 2. The van der Waals surface area contributed by atoms with Gasteiger partial charge >= 0.3 is 0 Å². The lowest BCUT2D eigenvalue weighted by atomic mass is 10.1. The molecule has 2 saturated heterocycles. The first-order chi connectivity index (χ1) is 12.6. The molecule has 2 unspecified atom stereocenters. The minimum atomic E-state index is -0.337. The number of carbonyl (C=O) groups is 2. The minimum absolute atomic E-state index is 0.0517. The predicted molar refractivity (Wildman–Crippen MR) is 104 cm³/mol. The second kappa shape index (κ2) is 9.00. The van der Waals surface area contributed by atoms with Gasteiger partial charge in [-0.25, -0.2) is 0 Å². The number of halogens is 1. The molecule has 0 aliphatic carbocycles. The lowest BCUT2D eigenvalue weighted by molar-refractivity contribution is -0.139. The Labute approximate surface area is 163 Å². The van der Waals surface area contributed by atoms with Gasteiger partial charge in [-0.3, -0.25) is 9.59 Å². The van der Waals surface area contributed by atoms with Crippen molar-refractivity contribution < 1.29 is 14.3 Å². The number of ether oxygens (including phenoxy) is 1. The van der Waals surface area contributed by atoms with Crippen molar-refractivity contribution in [3.05, 3.63) is 34.3 Å². The lowest BCUT2D eigenvalue weighted by Gasteiger charge is -2.36. The summed E-state index contributed by atoms with van der Waals surface area (Å²) in [4.78, 5) is 29.6. The second-order valence-electron chi connectivity index (χ2n) is 7.08.